The van der Waals surface area contributed by atoms with Crippen molar-refractivity contribution in [2.75, 3.05) is 5.32 Å². The monoisotopic (exact) mass is 237 g/mol. The number of anilines is 1. The van der Waals surface area contributed by atoms with Gasteiger partial charge in [0.15, 0.2) is 0 Å². The predicted molar refractivity (Wildman–Crippen MR) is 72.9 cm³/mol. The second kappa shape index (κ2) is 6.63. The number of benzene rings is 1. The van der Waals surface area contributed by atoms with E-state index in [1.54, 1.807) is 6.07 Å². The molecule has 2 heteroatoms. The third kappa shape index (κ3) is 4.37. The Morgan fingerprint density at radius 3 is 2.47 bits per heavy atom. The van der Waals surface area contributed by atoms with E-state index in [0.29, 0.717) is 17.6 Å². The Kier molecular flexibility index (Phi) is 5.46. The molecule has 0 heterocycles. The molecule has 2 atom stereocenters. The van der Waals surface area contributed by atoms with E-state index >= 15 is 0 Å². The van der Waals surface area contributed by atoms with Crippen LogP contribution in [0.4, 0.5) is 10.1 Å². The molecule has 0 radical (unpaired) electrons. The van der Waals surface area contributed by atoms with Crippen molar-refractivity contribution in [3.05, 3.63) is 29.6 Å². The van der Waals surface area contributed by atoms with Gasteiger partial charge in [-0.05, 0) is 43.4 Å². The maximum atomic E-state index is 13.7. The van der Waals surface area contributed by atoms with Gasteiger partial charge in [-0.3, -0.25) is 0 Å². The van der Waals surface area contributed by atoms with E-state index in [9.17, 15) is 4.39 Å². The molecule has 0 amide bonds. The minimum atomic E-state index is -0.146. The molecular formula is C15H24FN. The summed E-state index contributed by atoms with van der Waals surface area (Å²) in [5.41, 5.74) is 1.59. The molecule has 96 valence electrons. The predicted octanol–water partition coefficient (Wildman–Crippen LogP) is 4.76. The summed E-state index contributed by atoms with van der Waals surface area (Å²) < 4.78 is 13.7. The molecule has 1 aromatic rings. The molecule has 0 saturated heterocycles. The van der Waals surface area contributed by atoms with Gasteiger partial charge in [0, 0.05) is 6.04 Å². The third-order valence-corrected chi connectivity index (χ3v) is 3.36. The van der Waals surface area contributed by atoms with Crippen LogP contribution in [0.15, 0.2) is 18.2 Å². The van der Waals surface area contributed by atoms with Crippen molar-refractivity contribution in [1.82, 2.24) is 0 Å². The van der Waals surface area contributed by atoms with Crippen molar-refractivity contribution in [1.29, 1.82) is 0 Å². The van der Waals surface area contributed by atoms with Gasteiger partial charge in [-0.15, -0.1) is 0 Å². The van der Waals surface area contributed by atoms with Crippen LogP contribution in [-0.4, -0.2) is 6.04 Å². The highest BCUT2D eigenvalue weighted by Crippen LogP contribution is 2.20. The van der Waals surface area contributed by atoms with Gasteiger partial charge in [0.05, 0.1) is 5.69 Å². The quantitative estimate of drug-likeness (QED) is 0.752. The number of rotatable bonds is 6. The van der Waals surface area contributed by atoms with E-state index in [0.717, 1.165) is 18.4 Å². The van der Waals surface area contributed by atoms with Crippen molar-refractivity contribution < 1.29 is 4.39 Å². The molecule has 1 nitrogen and oxygen atoms in total. The minimum absolute atomic E-state index is 0.146. The average Bonchev–Trinajstić information content (AvgIpc) is 2.31. The first-order chi connectivity index (χ1) is 8.06. The molecule has 0 spiro atoms. The summed E-state index contributed by atoms with van der Waals surface area (Å²) in [5, 5.41) is 3.31. The van der Waals surface area contributed by atoms with Gasteiger partial charge in [0.25, 0.3) is 0 Å². The molecule has 2 unspecified atom stereocenters. The highest BCUT2D eigenvalue weighted by atomic mass is 19.1. The molecule has 0 aliphatic carbocycles. The van der Waals surface area contributed by atoms with Crippen LogP contribution < -0.4 is 5.32 Å². The summed E-state index contributed by atoms with van der Waals surface area (Å²) in [6.07, 6.45) is 3.30. The molecular weight excluding hydrogens is 213 g/mol. The molecule has 0 aromatic heterocycles. The second-order valence-electron chi connectivity index (χ2n) is 4.98. The molecule has 17 heavy (non-hydrogen) atoms. The fourth-order valence-electron chi connectivity index (χ4n) is 1.94. The zero-order valence-electron chi connectivity index (χ0n) is 11.4. The lowest BCUT2D eigenvalue weighted by Gasteiger charge is -2.21. The fourth-order valence-corrected chi connectivity index (χ4v) is 1.94. The van der Waals surface area contributed by atoms with E-state index in [2.05, 4.69) is 26.1 Å². The molecule has 1 aromatic carbocycles. The Morgan fingerprint density at radius 2 is 1.94 bits per heavy atom. The highest BCUT2D eigenvalue weighted by molar-refractivity contribution is 5.46. The van der Waals surface area contributed by atoms with Crippen LogP contribution in [-0.2, 0) is 0 Å². The van der Waals surface area contributed by atoms with Gasteiger partial charge in [-0.2, -0.15) is 0 Å². The summed E-state index contributed by atoms with van der Waals surface area (Å²) in [5.74, 6) is 0.536. The highest BCUT2D eigenvalue weighted by Gasteiger charge is 2.12. The van der Waals surface area contributed by atoms with Gasteiger partial charge < -0.3 is 5.32 Å². The normalized spacial score (nSPS) is 14.4. The number of aryl methyl sites for hydroxylation is 1. The van der Waals surface area contributed by atoms with Crippen LogP contribution in [0.1, 0.15) is 45.6 Å². The second-order valence-corrected chi connectivity index (χ2v) is 4.98. The van der Waals surface area contributed by atoms with Crippen LogP contribution in [0.2, 0.25) is 0 Å². The van der Waals surface area contributed by atoms with Crippen molar-refractivity contribution in [3.63, 3.8) is 0 Å². The molecule has 0 aliphatic heterocycles. The first-order valence-electron chi connectivity index (χ1n) is 6.59. The van der Waals surface area contributed by atoms with Crippen LogP contribution in [0.3, 0.4) is 0 Å². The first-order valence-corrected chi connectivity index (χ1v) is 6.59. The summed E-state index contributed by atoms with van der Waals surface area (Å²) in [6.45, 7) is 8.50. The Bertz CT molecular complexity index is 349. The van der Waals surface area contributed by atoms with Gasteiger partial charge >= 0.3 is 0 Å². The Morgan fingerprint density at radius 1 is 1.24 bits per heavy atom. The molecule has 1 rings (SSSR count). The average molecular weight is 237 g/mol. The molecule has 1 N–H and O–H groups in total. The lowest BCUT2D eigenvalue weighted by molar-refractivity contribution is 0.460. The smallest absolute Gasteiger partial charge is 0.146 e. The number of nitrogens with one attached hydrogen (secondary N) is 1. The minimum Gasteiger partial charge on any atom is -0.380 e. The van der Waals surface area contributed by atoms with E-state index in [1.165, 1.54) is 6.42 Å². The topological polar surface area (TPSA) is 12.0 Å². The Labute approximate surface area is 104 Å². The largest absolute Gasteiger partial charge is 0.380 e. The van der Waals surface area contributed by atoms with Crippen LogP contribution >= 0.6 is 0 Å². The summed E-state index contributed by atoms with van der Waals surface area (Å²) in [6, 6.07) is 5.73. The van der Waals surface area contributed by atoms with Crippen molar-refractivity contribution >= 4 is 5.69 Å². The van der Waals surface area contributed by atoms with Gasteiger partial charge in [-0.1, -0.05) is 33.3 Å². The first kappa shape index (κ1) is 14.0. The van der Waals surface area contributed by atoms with E-state index in [-0.39, 0.29) is 5.82 Å². The van der Waals surface area contributed by atoms with Gasteiger partial charge in [0.2, 0.25) is 0 Å². The van der Waals surface area contributed by atoms with E-state index in [1.807, 2.05) is 19.1 Å². The lowest BCUT2D eigenvalue weighted by Crippen LogP contribution is -2.21. The number of hydrogen-bond donors (Lipinski definition) is 1. The van der Waals surface area contributed by atoms with Crippen molar-refractivity contribution in [2.45, 2.75) is 53.0 Å². The summed E-state index contributed by atoms with van der Waals surface area (Å²) >= 11 is 0. The zero-order chi connectivity index (χ0) is 12.8. The van der Waals surface area contributed by atoms with Crippen LogP contribution in [0.5, 0.6) is 0 Å². The fraction of sp³-hybridized carbons (Fsp3) is 0.600. The summed E-state index contributed by atoms with van der Waals surface area (Å²) in [7, 11) is 0. The third-order valence-electron chi connectivity index (χ3n) is 3.36. The Balaban J connectivity index is 2.67. The Hall–Kier alpha value is -1.05. The van der Waals surface area contributed by atoms with Gasteiger partial charge in [0.1, 0.15) is 5.82 Å². The standard InChI is InChI=1S/C15H24FN/c1-5-11(3)9-13(6-2)17-15-8-7-12(4)10-14(15)16/h7-8,10-11,13,17H,5-6,9H2,1-4H3. The maximum absolute atomic E-state index is 13.7. The van der Waals surface area contributed by atoms with Crippen molar-refractivity contribution in [2.24, 2.45) is 5.92 Å². The van der Waals surface area contributed by atoms with Gasteiger partial charge in [-0.25, -0.2) is 4.39 Å². The molecule has 0 bridgehead atoms. The SMILES string of the molecule is CCC(C)CC(CC)Nc1ccc(C)cc1F. The summed E-state index contributed by atoms with van der Waals surface area (Å²) in [4.78, 5) is 0. The number of halogens is 1. The van der Waals surface area contributed by atoms with Crippen molar-refractivity contribution in [3.8, 4) is 0 Å². The van der Waals surface area contributed by atoms with Crippen LogP contribution in [0, 0.1) is 18.7 Å². The molecule has 0 saturated carbocycles. The lowest BCUT2D eigenvalue weighted by atomic mass is 9.97. The number of hydrogen-bond acceptors (Lipinski definition) is 1. The van der Waals surface area contributed by atoms with E-state index in [4.69, 9.17) is 0 Å². The molecule has 0 fully saturated rings. The zero-order valence-corrected chi connectivity index (χ0v) is 11.4. The maximum Gasteiger partial charge on any atom is 0.146 e. The van der Waals surface area contributed by atoms with E-state index < -0.39 is 0 Å². The van der Waals surface area contributed by atoms with Crippen LogP contribution in [0.25, 0.3) is 0 Å². The molecule has 0 aliphatic rings.